The molecule has 2 N–H and O–H groups in total. The van der Waals surface area contributed by atoms with Gasteiger partial charge in [0.05, 0.1) is 0 Å². The number of benzene rings is 2. The number of hydrogen-bond donors (Lipinski definition) is 2. The first-order valence-electron chi connectivity index (χ1n) is 5.49. The molecule has 2 aromatic rings. The Morgan fingerprint density at radius 1 is 1.06 bits per heavy atom. The molecule has 3 nitrogen and oxygen atoms in total. The van der Waals surface area contributed by atoms with Crippen LogP contribution in [-0.2, 0) is 6.61 Å². The monoisotopic (exact) mass is 354 g/mol. The van der Waals surface area contributed by atoms with Crippen LogP contribution in [-0.4, -0.2) is 17.2 Å². The molecule has 2 aromatic carbocycles. The second-order valence-corrected chi connectivity index (χ2v) is 4.99. The summed E-state index contributed by atoms with van der Waals surface area (Å²) in [4.78, 5) is 0. The fourth-order valence-corrected chi connectivity index (χ4v) is 2.16. The fourth-order valence-electron chi connectivity index (χ4n) is 1.55. The number of hydrogen-bond acceptors (Lipinski definition) is 3. The van der Waals surface area contributed by atoms with E-state index in [1.165, 1.54) is 0 Å². The molecule has 0 aromatic heterocycles. The van der Waals surface area contributed by atoms with Crippen molar-refractivity contribution < 1.29 is 14.8 Å². The zero-order valence-electron chi connectivity index (χ0n) is 9.58. The van der Waals surface area contributed by atoms with Gasteiger partial charge in [-0.3, -0.25) is 0 Å². The van der Waals surface area contributed by atoms with Crippen molar-refractivity contribution in [1.82, 2.24) is 0 Å². The summed E-state index contributed by atoms with van der Waals surface area (Å²) < 4.78 is 6.41. The standard InChI is InChI=1S/C13H12BIO3/c15-13-7-6-11(8-12(13)14(16)17)18-9-10-4-2-1-3-5-10/h1-8,16-17H,9H2. The highest BCUT2D eigenvalue weighted by Crippen LogP contribution is 2.14. The average Bonchev–Trinajstić information content (AvgIpc) is 2.38. The minimum Gasteiger partial charge on any atom is -0.489 e. The first-order chi connectivity index (χ1) is 8.66. The van der Waals surface area contributed by atoms with Gasteiger partial charge in [-0.25, -0.2) is 0 Å². The van der Waals surface area contributed by atoms with E-state index >= 15 is 0 Å². The molecule has 2 rings (SSSR count). The third-order valence-corrected chi connectivity index (χ3v) is 3.48. The Kier molecular flexibility index (Phi) is 4.63. The van der Waals surface area contributed by atoms with Crippen LogP contribution in [0.15, 0.2) is 48.5 Å². The molecule has 0 aliphatic carbocycles. The molecule has 0 unspecified atom stereocenters. The maximum atomic E-state index is 9.21. The molecule has 0 amide bonds. The summed E-state index contributed by atoms with van der Waals surface area (Å²) in [5.74, 6) is 0.627. The first kappa shape index (κ1) is 13.4. The summed E-state index contributed by atoms with van der Waals surface area (Å²) in [6, 6.07) is 15.1. The van der Waals surface area contributed by atoms with Crippen LogP contribution in [0.2, 0.25) is 0 Å². The highest BCUT2D eigenvalue weighted by atomic mass is 127. The van der Waals surface area contributed by atoms with Crippen molar-refractivity contribution in [2.24, 2.45) is 0 Å². The van der Waals surface area contributed by atoms with Crippen molar-refractivity contribution in [2.75, 3.05) is 0 Å². The van der Waals surface area contributed by atoms with Crippen molar-refractivity contribution in [3.05, 3.63) is 57.7 Å². The van der Waals surface area contributed by atoms with Gasteiger partial charge in [0.25, 0.3) is 0 Å². The van der Waals surface area contributed by atoms with Crippen LogP contribution in [0.4, 0.5) is 0 Å². The third-order valence-electron chi connectivity index (χ3n) is 2.49. The molecule has 0 atom stereocenters. The third kappa shape index (κ3) is 3.47. The zero-order valence-corrected chi connectivity index (χ0v) is 11.7. The van der Waals surface area contributed by atoms with Crippen molar-refractivity contribution in [1.29, 1.82) is 0 Å². The summed E-state index contributed by atoms with van der Waals surface area (Å²) in [6.45, 7) is 0.461. The van der Waals surface area contributed by atoms with Crippen LogP contribution >= 0.6 is 22.6 Å². The maximum absolute atomic E-state index is 9.21. The molecular weight excluding hydrogens is 342 g/mol. The molecule has 0 heterocycles. The molecule has 18 heavy (non-hydrogen) atoms. The molecule has 0 fully saturated rings. The van der Waals surface area contributed by atoms with Gasteiger partial charge in [0.15, 0.2) is 0 Å². The van der Waals surface area contributed by atoms with Gasteiger partial charge in [-0.2, -0.15) is 0 Å². The maximum Gasteiger partial charge on any atom is 0.489 e. The summed E-state index contributed by atoms with van der Waals surface area (Å²) >= 11 is 2.06. The van der Waals surface area contributed by atoms with Crippen molar-refractivity contribution in [3.63, 3.8) is 0 Å². The topological polar surface area (TPSA) is 49.7 Å². The van der Waals surface area contributed by atoms with Crippen LogP contribution in [0, 0.1) is 3.57 Å². The zero-order chi connectivity index (χ0) is 13.0. The highest BCUT2D eigenvalue weighted by Gasteiger charge is 2.15. The van der Waals surface area contributed by atoms with Gasteiger partial charge < -0.3 is 14.8 Å². The van der Waals surface area contributed by atoms with Gasteiger partial charge in [0.1, 0.15) is 12.4 Å². The van der Waals surface area contributed by atoms with Crippen molar-refractivity contribution >= 4 is 35.2 Å². The minimum absolute atomic E-state index is 0.459. The van der Waals surface area contributed by atoms with Gasteiger partial charge in [-0.1, -0.05) is 30.3 Å². The smallest absolute Gasteiger partial charge is 0.489 e. The van der Waals surface area contributed by atoms with E-state index in [4.69, 9.17) is 4.74 Å². The number of rotatable bonds is 4. The van der Waals surface area contributed by atoms with Crippen LogP contribution in [0.5, 0.6) is 5.75 Å². The summed E-state index contributed by atoms with van der Waals surface area (Å²) in [6.07, 6.45) is 0. The highest BCUT2D eigenvalue weighted by molar-refractivity contribution is 14.1. The molecule has 0 aliphatic rings. The lowest BCUT2D eigenvalue weighted by atomic mass is 9.80. The van der Waals surface area contributed by atoms with E-state index in [9.17, 15) is 10.0 Å². The summed E-state index contributed by atoms with van der Waals surface area (Å²) in [5, 5.41) is 18.4. The van der Waals surface area contributed by atoms with E-state index in [-0.39, 0.29) is 0 Å². The van der Waals surface area contributed by atoms with Gasteiger partial charge in [0.2, 0.25) is 0 Å². The average molecular weight is 354 g/mol. The van der Waals surface area contributed by atoms with E-state index in [0.29, 0.717) is 17.8 Å². The van der Waals surface area contributed by atoms with E-state index < -0.39 is 7.12 Å². The van der Waals surface area contributed by atoms with Crippen LogP contribution in [0.25, 0.3) is 0 Å². The predicted molar refractivity (Wildman–Crippen MR) is 79.8 cm³/mol. The van der Waals surface area contributed by atoms with Crippen molar-refractivity contribution in [2.45, 2.75) is 6.61 Å². The minimum atomic E-state index is -1.47. The lowest BCUT2D eigenvalue weighted by molar-refractivity contribution is 0.306. The SMILES string of the molecule is OB(O)c1cc(OCc2ccccc2)ccc1I. The molecule has 0 saturated heterocycles. The second kappa shape index (κ2) is 6.22. The van der Waals surface area contributed by atoms with Gasteiger partial charge in [0, 0.05) is 3.57 Å². The molecule has 0 saturated carbocycles. The lowest BCUT2D eigenvalue weighted by Gasteiger charge is -2.09. The fraction of sp³-hybridized carbons (Fsp3) is 0.0769. The van der Waals surface area contributed by atoms with E-state index in [0.717, 1.165) is 9.13 Å². The first-order valence-corrected chi connectivity index (χ1v) is 6.57. The van der Waals surface area contributed by atoms with E-state index in [2.05, 4.69) is 22.6 Å². The van der Waals surface area contributed by atoms with Crippen LogP contribution < -0.4 is 10.2 Å². The Morgan fingerprint density at radius 3 is 2.44 bits per heavy atom. The molecular formula is C13H12BIO3. The summed E-state index contributed by atoms with van der Waals surface area (Å²) in [5.41, 5.74) is 1.53. The van der Waals surface area contributed by atoms with Crippen LogP contribution in [0.3, 0.4) is 0 Å². The number of halogens is 1. The Hall–Kier alpha value is -1.05. The Bertz CT molecular complexity index is 517. The molecule has 0 radical (unpaired) electrons. The number of ether oxygens (including phenoxy) is 1. The largest absolute Gasteiger partial charge is 0.489 e. The molecule has 92 valence electrons. The molecule has 5 heteroatoms. The van der Waals surface area contributed by atoms with Gasteiger partial charge >= 0.3 is 7.12 Å². The Labute approximate surface area is 120 Å². The molecule has 0 aliphatic heterocycles. The predicted octanol–water partition coefficient (Wildman–Crippen LogP) is 1.55. The van der Waals surface area contributed by atoms with Gasteiger partial charge in [-0.15, -0.1) is 0 Å². The Balaban J connectivity index is 2.08. The lowest BCUT2D eigenvalue weighted by Crippen LogP contribution is -2.32. The van der Waals surface area contributed by atoms with E-state index in [1.807, 2.05) is 36.4 Å². The van der Waals surface area contributed by atoms with Crippen LogP contribution in [0.1, 0.15) is 5.56 Å². The quantitative estimate of drug-likeness (QED) is 0.647. The molecule has 0 spiro atoms. The molecule has 0 bridgehead atoms. The summed E-state index contributed by atoms with van der Waals surface area (Å²) in [7, 11) is -1.47. The Morgan fingerprint density at radius 2 is 1.78 bits per heavy atom. The van der Waals surface area contributed by atoms with Gasteiger partial charge in [-0.05, 0) is 51.8 Å². The van der Waals surface area contributed by atoms with E-state index in [1.54, 1.807) is 12.1 Å². The normalized spacial score (nSPS) is 10.2. The van der Waals surface area contributed by atoms with Crippen molar-refractivity contribution in [3.8, 4) is 5.75 Å². The second-order valence-electron chi connectivity index (χ2n) is 3.83.